The van der Waals surface area contributed by atoms with E-state index in [1.165, 1.54) is 28.4 Å². The maximum atomic E-state index is 4.06. The van der Waals surface area contributed by atoms with Crippen LogP contribution in [-0.2, 0) is 19.4 Å². The first-order valence-electron chi connectivity index (χ1n) is 7.28. The lowest BCUT2D eigenvalue weighted by Crippen LogP contribution is -2.35. The number of benzene rings is 1. The van der Waals surface area contributed by atoms with Gasteiger partial charge in [0.15, 0.2) is 0 Å². The van der Waals surface area contributed by atoms with E-state index in [0.29, 0.717) is 6.04 Å². The van der Waals surface area contributed by atoms with E-state index in [-0.39, 0.29) is 0 Å². The molecule has 106 valence electrons. The number of nitrogens with zero attached hydrogens (tertiary/aromatic N) is 2. The second-order valence-electron chi connectivity index (χ2n) is 5.46. The van der Waals surface area contributed by atoms with Crippen LogP contribution in [0.1, 0.15) is 24.0 Å². The molecular formula is C16H20BrN3. The van der Waals surface area contributed by atoms with Gasteiger partial charge in [-0.3, -0.25) is 0 Å². The summed E-state index contributed by atoms with van der Waals surface area (Å²) in [4.78, 5) is 4.06. The maximum Gasteiger partial charge on any atom is 0.0945 e. The van der Waals surface area contributed by atoms with Gasteiger partial charge in [0.25, 0.3) is 0 Å². The minimum absolute atomic E-state index is 0.631. The summed E-state index contributed by atoms with van der Waals surface area (Å²) >= 11 is 3.55. The molecule has 3 nitrogen and oxygen atoms in total. The number of nitrogens with one attached hydrogen (secondary N) is 1. The van der Waals surface area contributed by atoms with Crippen LogP contribution < -0.4 is 5.32 Å². The van der Waals surface area contributed by atoms with Crippen molar-refractivity contribution in [2.24, 2.45) is 0 Å². The fourth-order valence-electron chi connectivity index (χ4n) is 2.88. The zero-order valence-electron chi connectivity index (χ0n) is 11.6. The van der Waals surface area contributed by atoms with Crippen LogP contribution in [0.25, 0.3) is 0 Å². The highest BCUT2D eigenvalue weighted by molar-refractivity contribution is 9.10. The van der Waals surface area contributed by atoms with E-state index < -0.39 is 0 Å². The monoisotopic (exact) mass is 333 g/mol. The largest absolute Gasteiger partial charge is 0.337 e. The second-order valence-corrected chi connectivity index (χ2v) is 6.38. The van der Waals surface area contributed by atoms with Gasteiger partial charge < -0.3 is 9.88 Å². The topological polar surface area (TPSA) is 29.9 Å². The number of fused-ring (bicyclic) bond motifs is 1. The molecule has 0 amide bonds. The summed E-state index contributed by atoms with van der Waals surface area (Å²) in [6.07, 6.45) is 10.5. The Balaban J connectivity index is 1.45. The Morgan fingerprint density at radius 2 is 2.30 bits per heavy atom. The predicted molar refractivity (Wildman–Crippen MR) is 84.8 cm³/mol. The molecule has 0 fully saturated rings. The van der Waals surface area contributed by atoms with Gasteiger partial charge in [0.05, 0.1) is 6.33 Å². The van der Waals surface area contributed by atoms with Crippen molar-refractivity contribution in [2.45, 2.75) is 38.3 Å². The number of imidazole rings is 1. The van der Waals surface area contributed by atoms with Crippen LogP contribution in [-0.4, -0.2) is 22.1 Å². The molecule has 0 radical (unpaired) electrons. The Labute approximate surface area is 128 Å². The quantitative estimate of drug-likeness (QED) is 0.851. The molecule has 1 N–H and O–H groups in total. The first-order valence-corrected chi connectivity index (χ1v) is 8.07. The molecule has 0 bridgehead atoms. The Morgan fingerprint density at radius 3 is 3.15 bits per heavy atom. The fraction of sp³-hybridized carbons (Fsp3) is 0.438. The number of hydrogen-bond donors (Lipinski definition) is 1. The van der Waals surface area contributed by atoms with Crippen LogP contribution in [0.3, 0.4) is 0 Å². The molecule has 2 aromatic rings. The van der Waals surface area contributed by atoms with E-state index >= 15 is 0 Å². The lowest BCUT2D eigenvalue weighted by atomic mass is 9.88. The van der Waals surface area contributed by atoms with Crippen molar-refractivity contribution in [3.8, 4) is 0 Å². The smallest absolute Gasteiger partial charge is 0.0945 e. The van der Waals surface area contributed by atoms with Crippen molar-refractivity contribution in [2.75, 3.05) is 6.54 Å². The van der Waals surface area contributed by atoms with Gasteiger partial charge in [-0.05, 0) is 55.5 Å². The van der Waals surface area contributed by atoms with Gasteiger partial charge in [-0.25, -0.2) is 4.98 Å². The maximum absolute atomic E-state index is 4.06. The predicted octanol–water partition coefficient (Wildman–Crippen LogP) is 3.18. The highest BCUT2D eigenvalue weighted by atomic mass is 79.9. The van der Waals surface area contributed by atoms with Crippen LogP contribution in [0, 0.1) is 0 Å². The molecule has 0 spiro atoms. The summed E-state index contributed by atoms with van der Waals surface area (Å²) in [6.45, 7) is 2.12. The summed E-state index contributed by atoms with van der Waals surface area (Å²) in [7, 11) is 0. The first kappa shape index (κ1) is 13.8. The number of aryl methyl sites for hydroxylation is 2. The molecule has 0 saturated carbocycles. The van der Waals surface area contributed by atoms with Crippen molar-refractivity contribution in [1.29, 1.82) is 0 Å². The third kappa shape index (κ3) is 3.49. The van der Waals surface area contributed by atoms with Gasteiger partial charge in [0.1, 0.15) is 0 Å². The molecule has 1 aliphatic carbocycles. The molecule has 4 heteroatoms. The van der Waals surface area contributed by atoms with Gasteiger partial charge in [-0.2, -0.15) is 0 Å². The molecule has 1 aliphatic rings. The average Bonchev–Trinajstić information content (AvgIpc) is 2.97. The van der Waals surface area contributed by atoms with Crippen LogP contribution in [0.4, 0.5) is 0 Å². The van der Waals surface area contributed by atoms with Crippen LogP contribution >= 0.6 is 15.9 Å². The summed E-state index contributed by atoms with van der Waals surface area (Å²) in [5.74, 6) is 0. The summed E-state index contributed by atoms with van der Waals surface area (Å²) in [6, 6.07) is 7.32. The molecule has 1 heterocycles. The average molecular weight is 334 g/mol. The molecule has 1 aromatic carbocycles. The fourth-order valence-corrected chi connectivity index (χ4v) is 3.29. The molecule has 1 unspecified atom stereocenters. The number of hydrogen-bond acceptors (Lipinski definition) is 2. The molecule has 1 aromatic heterocycles. The van der Waals surface area contributed by atoms with Gasteiger partial charge in [-0.15, -0.1) is 0 Å². The Bertz CT molecular complexity index is 551. The standard InChI is InChI=1S/C16H20BrN3/c17-15-4-2-14-11-16(5-3-13(14)10-15)19-6-1-8-20-9-7-18-12-20/h2,4,7,9-10,12,16,19H,1,3,5-6,8,11H2. The van der Waals surface area contributed by atoms with Crippen molar-refractivity contribution in [3.63, 3.8) is 0 Å². The second kappa shape index (κ2) is 6.55. The summed E-state index contributed by atoms with van der Waals surface area (Å²) < 4.78 is 3.33. The van der Waals surface area contributed by atoms with Crippen molar-refractivity contribution < 1.29 is 0 Å². The van der Waals surface area contributed by atoms with Crippen molar-refractivity contribution >= 4 is 15.9 Å². The minimum atomic E-state index is 0.631. The minimum Gasteiger partial charge on any atom is -0.337 e. The lowest BCUT2D eigenvalue weighted by molar-refractivity contribution is 0.444. The molecular weight excluding hydrogens is 314 g/mol. The summed E-state index contributed by atoms with van der Waals surface area (Å²) in [5, 5.41) is 3.69. The third-order valence-electron chi connectivity index (χ3n) is 3.98. The lowest BCUT2D eigenvalue weighted by Gasteiger charge is -2.26. The normalized spacial score (nSPS) is 17.9. The number of aromatic nitrogens is 2. The van der Waals surface area contributed by atoms with Gasteiger partial charge in [0, 0.05) is 29.5 Å². The zero-order chi connectivity index (χ0) is 13.8. The molecule has 1 atom stereocenters. The highest BCUT2D eigenvalue weighted by Gasteiger charge is 2.17. The van der Waals surface area contributed by atoms with E-state index in [1.54, 1.807) is 0 Å². The number of rotatable bonds is 5. The van der Waals surface area contributed by atoms with Gasteiger partial charge in [0.2, 0.25) is 0 Å². The Morgan fingerprint density at radius 1 is 1.35 bits per heavy atom. The Kier molecular flexibility index (Phi) is 4.53. The Hall–Kier alpha value is -1.13. The molecule has 0 aliphatic heterocycles. The van der Waals surface area contributed by atoms with E-state index in [9.17, 15) is 0 Å². The summed E-state index contributed by atoms with van der Waals surface area (Å²) in [5.41, 5.74) is 3.02. The van der Waals surface area contributed by atoms with E-state index in [2.05, 4.69) is 49.0 Å². The van der Waals surface area contributed by atoms with Crippen molar-refractivity contribution in [3.05, 3.63) is 52.5 Å². The SMILES string of the molecule is Brc1ccc2c(c1)CCC(NCCCn1ccnc1)C2. The van der Waals surface area contributed by atoms with E-state index in [1.807, 2.05) is 18.7 Å². The van der Waals surface area contributed by atoms with Crippen LogP contribution in [0.5, 0.6) is 0 Å². The van der Waals surface area contributed by atoms with E-state index in [4.69, 9.17) is 0 Å². The zero-order valence-corrected chi connectivity index (χ0v) is 13.1. The highest BCUT2D eigenvalue weighted by Crippen LogP contribution is 2.24. The van der Waals surface area contributed by atoms with Crippen LogP contribution in [0.2, 0.25) is 0 Å². The van der Waals surface area contributed by atoms with E-state index in [0.717, 1.165) is 25.9 Å². The van der Waals surface area contributed by atoms with Gasteiger partial charge in [-0.1, -0.05) is 22.0 Å². The van der Waals surface area contributed by atoms with Gasteiger partial charge >= 0.3 is 0 Å². The third-order valence-corrected chi connectivity index (χ3v) is 4.48. The number of halogens is 1. The molecule has 3 rings (SSSR count). The van der Waals surface area contributed by atoms with Crippen molar-refractivity contribution in [1.82, 2.24) is 14.9 Å². The molecule has 20 heavy (non-hydrogen) atoms. The van der Waals surface area contributed by atoms with Crippen LogP contribution in [0.15, 0.2) is 41.4 Å². The first-order chi connectivity index (χ1) is 9.81. The molecule has 0 saturated heterocycles.